The first-order chi connectivity index (χ1) is 34.5. The van der Waals surface area contributed by atoms with Gasteiger partial charge >= 0.3 is 12.2 Å². The number of amides is 4. The number of fused-ring (bicyclic) bond motifs is 5. The summed E-state index contributed by atoms with van der Waals surface area (Å²) in [6.07, 6.45) is 8.98. The van der Waals surface area contributed by atoms with E-state index in [2.05, 4.69) is 80.6 Å². The fraction of sp³-hybridized carbons (Fsp3) is 0.472. The number of carbonyl (C=O) groups excluding carboxylic acids is 4. The minimum absolute atomic E-state index is 0. The summed E-state index contributed by atoms with van der Waals surface area (Å²) in [5.74, 6) is 2.36. The van der Waals surface area contributed by atoms with Crippen molar-refractivity contribution < 1.29 is 38.1 Å². The molecule has 75 heavy (non-hydrogen) atoms. The number of aromatic nitrogens is 5. The number of nitrogens with zero attached hydrogens (tertiary/aromatic N) is 5. The average Bonchev–Trinajstić information content (AvgIpc) is 4.11. The predicted octanol–water partition coefficient (Wildman–Crippen LogP) is 9.59. The van der Waals surface area contributed by atoms with E-state index in [9.17, 15) is 19.2 Å². The lowest BCUT2D eigenvalue weighted by Gasteiger charge is -2.34. The zero-order valence-electron chi connectivity index (χ0n) is 42.8. The van der Waals surface area contributed by atoms with Crippen LogP contribution in [0.4, 0.5) is 9.59 Å². The summed E-state index contributed by atoms with van der Waals surface area (Å²) < 4.78 is 24.8. The maximum atomic E-state index is 14.3. The monoisotopic (exact) mass is 1120 g/mol. The Morgan fingerprint density at radius 3 is 1.97 bits per heavy atom. The number of aromatic amines is 2. The molecular weight excluding hydrogens is 1050 g/mol. The maximum absolute atomic E-state index is 14.3. The number of nitrogens with one attached hydrogen (secondary N) is 4. The van der Waals surface area contributed by atoms with Crippen molar-refractivity contribution in [3.8, 4) is 39.5 Å². The van der Waals surface area contributed by atoms with E-state index in [0.717, 1.165) is 92.4 Å². The molecule has 5 aliphatic rings. The number of aryl methyl sites for hydroxylation is 1. The van der Waals surface area contributed by atoms with Crippen LogP contribution in [0.25, 0.3) is 44.7 Å². The fourth-order valence-corrected chi connectivity index (χ4v) is 12.4. The molecule has 22 heteroatoms. The van der Waals surface area contributed by atoms with E-state index in [0.29, 0.717) is 50.9 Å². The van der Waals surface area contributed by atoms with Crippen LogP contribution in [-0.2, 0) is 23.8 Å². The molecule has 4 aliphatic heterocycles. The molecule has 4 fully saturated rings. The molecule has 3 saturated heterocycles. The van der Waals surface area contributed by atoms with E-state index in [1.165, 1.54) is 31.9 Å². The van der Waals surface area contributed by atoms with Gasteiger partial charge in [-0.1, -0.05) is 19.9 Å². The van der Waals surface area contributed by atoms with Gasteiger partial charge in [0, 0.05) is 53.3 Å². The van der Waals surface area contributed by atoms with Gasteiger partial charge in [-0.25, -0.2) is 19.6 Å². The summed E-state index contributed by atoms with van der Waals surface area (Å²) in [7, 11) is 2.61. The summed E-state index contributed by atoms with van der Waals surface area (Å²) in [5, 5.41) is 6.64. The zero-order valence-corrected chi connectivity index (χ0v) is 47.6. The summed E-state index contributed by atoms with van der Waals surface area (Å²) in [6, 6.07) is 15.5. The molecule has 0 spiro atoms. The zero-order chi connectivity index (χ0) is 49.1. The highest BCUT2D eigenvalue weighted by molar-refractivity contribution is 7.59. The molecule has 5 atom stereocenters. The van der Waals surface area contributed by atoms with E-state index in [4.69, 9.17) is 28.9 Å². The van der Waals surface area contributed by atoms with Gasteiger partial charge in [0.2, 0.25) is 18.0 Å². The van der Waals surface area contributed by atoms with Crippen molar-refractivity contribution in [1.29, 1.82) is 0 Å². The smallest absolute Gasteiger partial charge is 0.407 e. The number of rotatable bonds is 12. The normalized spacial score (nSPS) is 19.8. The van der Waals surface area contributed by atoms with Gasteiger partial charge < -0.3 is 49.3 Å². The van der Waals surface area contributed by atoms with Gasteiger partial charge in [0.25, 0.3) is 0 Å². The first kappa shape index (κ1) is 57.4. The number of ether oxygens (including phenoxy) is 4. The summed E-state index contributed by atoms with van der Waals surface area (Å²) in [6.45, 7) is 8.18. The maximum Gasteiger partial charge on any atom is 0.407 e. The Labute approximate surface area is 468 Å². The van der Waals surface area contributed by atoms with Crippen LogP contribution in [0.15, 0.2) is 60.9 Å². The standard InChI is InChI=1S/C53H61N9O8S.4H2S/c1-28(2)45(58-52(65)67-4)49(63)60-18-6-8-38(60)48-55-27-36(57-48)33-22-29(3)44-40-24-34-23-32(12-13-37(34)62(40)51(70-41(44)25-33)43-15-14-42(71-43)30-10-11-30)35-26-54-47(56-35)39-9-7-19-61(39)50(64)46(59-53(66)68-5)31-16-20-69-21-17-31;;;;/h12-15,22-28,30-31,38-39,45-46,51H,6-11,16-21H2,1-5H3,(H,54,56)(H,55,57)(H,58,65)(H,59,66);4*1H2/t38-,39-,45-,46-,51?;;;;/m0..../s1. The number of methoxy groups -OCH3 is 2. The second-order valence-corrected chi connectivity index (χ2v) is 21.1. The van der Waals surface area contributed by atoms with Gasteiger partial charge in [0.1, 0.15) is 29.5 Å². The van der Waals surface area contributed by atoms with E-state index in [1.807, 2.05) is 47.4 Å². The van der Waals surface area contributed by atoms with Crippen molar-refractivity contribution in [2.75, 3.05) is 40.5 Å². The highest BCUT2D eigenvalue weighted by Gasteiger charge is 2.41. The van der Waals surface area contributed by atoms with Gasteiger partial charge in [0.05, 0.1) is 66.2 Å². The lowest BCUT2D eigenvalue weighted by atomic mass is 9.90. The van der Waals surface area contributed by atoms with E-state index < -0.39 is 30.5 Å². The molecule has 8 heterocycles. The molecule has 11 rings (SSSR count). The van der Waals surface area contributed by atoms with Crippen LogP contribution in [0, 0.1) is 18.8 Å². The largest absolute Gasteiger partial charge is 0.464 e. The number of hydrogen-bond acceptors (Lipinski definition) is 11. The van der Waals surface area contributed by atoms with Gasteiger partial charge in [0.15, 0.2) is 0 Å². The van der Waals surface area contributed by atoms with Gasteiger partial charge in [-0.3, -0.25) is 14.2 Å². The van der Waals surface area contributed by atoms with Crippen molar-refractivity contribution in [3.63, 3.8) is 0 Å². The summed E-state index contributed by atoms with van der Waals surface area (Å²) in [4.78, 5) is 75.8. The molecule has 404 valence electrons. The summed E-state index contributed by atoms with van der Waals surface area (Å²) >= 11 is 1.83. The molecule has 1 saturated carbocycles. The van der Waals surface area contributed by atoms with Crippen LogP contribution in [0.5, 0.6) is 5.75 Å². The number of likely N-dealkylation sites (tertiary alicyclic amines) is 2. The van der Waals surface area contributed by atoms with Gasteiger partial charge in [-0.05, 0) is 124 Å². The molecule has 0 radical (unpaired) electrons. The number of benzene rings is 2. The molecule has 0 bridgehead atoms. The van der Waals surface area contributed by atoms with Crippen molar-refractivity contribution in [3.05, 3.63) is 87.9 Å². The van der Waals surface area contributed by atoms with E-state index >= 15 is 0 Å². The van der Waals surface area contributed by atoms with Crippen LogP contribution in [0.3, 0.4) is 0 Å². The van der Waals surface area contributed by atoms with E-state index in [-0.39, 0.29) is 89.7 Å². The predicted molar refractivity (Wildman–Crippen MR) is 308 cm³/mol. The molecule has 1 unspecified atom stereocenters. The van der Waals surface area contributed by atoms with E-state index in [1.54, 1.807) is 0 Å². The van der Waals surface area contributed by atoms with Crippen molar-refractivity contribution in [2.45, 2.75) is 108 Å². The second kappa shape index (κ2) is 24.0. The Morgan fingerprint density at radius 1 is 0.733 bits per heavy atom. The minimum atomic E-state index is -0.720. The SMILES string of the molecule is COC(=O)N[C@H](C(=O)N1CCC[C@H]1c1ncc(-c2cc(C)c3c(c2)OC(c2ccc(C4CC4)s2)n2c-3cc3cc(-c4cnc([C@@H]5CCCN5C(=O)[C@@H](NC(=O)OC)C5CCOCC5)[nH]4)ccc32)[nH]1)C(C)C.S.S.S.S. The topological polar surface area (TPSA) is 198 Å². The summed E-state index contributed by atoms with van der Waals surface area (Å²) in [5.41, 5.74) is 7.73. The minimum Gasteiger partial charge on any atom is -0.464 e. The number of carbonyl (C=O) groups is 4. The third-order valence-electron chi connectivity index (χ3n) is 15.1. The third-order valence-corrected chi connectivity index (χ3v) is 16.4. The Morgan fingerprint density at radius 2 is 1.35 bits per heavy atom. The van der Waals surface area contributed by atoms with Crippen LogP contribution in [0.2, 0.25) is 0 Å². The highest BCUT2D eigenvalue weighted by Crippen LogP contribution is 2.50. The number of alkyl carbamates (subject to hydrolysis) is 2. The van der Waals surface area contributed by atoms with Crippen LogP contribution in [0.1, 0.15) is 116 Å². The lowest BCUT2D eigenvalue weighted by Crippen LogP contribution is -2.53. The Bertz CT molecular complexity index is 3020. The van der Waals surface area contributed by atoms with Crippen LogP contribution in [-0.4, -0.2) is 111 Å². The second-order valence-electron chi connectivity index (χ2n) is 20.0. The molecule has 1 aliphatic carbocycles. The van der Waals surface area contributed by atoms with Crippen molar-refractivity contribution in [2.24, 2.45) is 11.8 Å². The molecule has 2 aromatic carbocycles. The molecule has 4 aromatic heterocycles. The van der Waals surface area contributed by atoms with Crippen molar-refractivity contribution >= 4 is 100 Å². The first-order valence-corrected chi connectivity index (χ1v) is 25.8. The number of H-pyrrole nitrogens is 2. The Kier molecular flexibility index (Phi) is 18.4. The Hall–Kier alpha value is -5.26. The molecular formula is C53H69N9O8S5. The molecule has 4 amide bonds. The van der Waals surface area contributed by atoms with Crippen LogP contribution >= 0.6 is 65.3 Å². The molecule has 4 N–H and O–H groups in total. The molecule has 6 aromatic rings. The van der Waals surface area contributed by atoms with Crippen LogP contribution < -0.4 is 15.4 Å². The quantitative estimate of drug-likeness (QED) is 0.0916. The number of thiophene rings is 1. The first-order valence-electron chi connectivity index (χ1n) is 25.0. The fourth-order valence-electron chi connectivity index (χ4n) is 11.2. The van der Waals surface area contributed by atoms with Crippen molar-refractivity contribution in [1.82, 2.24) is 44.9 Å². The van der Waals surface area contributed by atoms with Gasteiger partial charge in [-0.2, -0.15) is 54.0 Å². The Balaban J connectivity index is 0.00000205. The molecule has 17 nitrogen and oxygen atoms in total. The van der Waals surface area contributed by atoms with Gasteiger partial charge in [-0.15, -0.1) is 11.3 Å². The number of hydrogen-bond donors (Lipinski definition) is 4. The lowest BCUT2D eigenvalue weighted by molar-refractivity contribution is -0.137. The third kappa shape index (κ3) is 11.1. The average molecular weight is 1120 g/mol. The number of imidazole rings is 2. The highest BCUT2D eigenvalue weighted by atomic mass is 32.1.